The van der Waals surface area contributed by atoms with E-state index >= 15 is 0 Å². The van der Waals surface area contributed by atoms with Crippen LogP contribution in [0, 0.1) is 41.4 Å². The second kappa shape index (κ2) is 48.0. The van der Waals surface area contributed by atoms with Crippen molar-refractivity contribution in [3.05, 3.63) is 30.3 Å². The van der Waals surface area contributed by atoms with Crippen LogP contribution in [0.5, 0.6) is 0 Å². The molecular weight excluding hydrogens is 1080 g/mol. The minimum atomic E-state index is -3.02. The average Bonchev–Trinajstić information content (AvgIpc) is 3.36. The molecule has 0 bridgehead atoms. The topological polar surface area (TPSA) is 64.6 Å². The smallest absolute Gasteiger partial charge is 0.337 e. The van der Waals surface area contributed by atoms with Gasteiger partial charge in [-0.05, 0) is 88.9 Å². The maximum Gasteiger partial charge on any atom is 0.337 e. The van der Waals surface area contributed by atoms with Gasteiger partial charge in [-0.2, -0.15) is 0 Å². The Morgan fingerprint density at radius 3 is 1.00 bits per heavy atom. The molecule has 0 spiro atoms. The van der Waals surface area contributed by atoms with Crippen LogP contribution in [0.15, 0.2) is 30.3 Å². The van der Waals surface area contributed by atoms with Crippen molar-refractivity contribution in [2.24, 2.45) is 41.4 Å². The normalized spacial score (nSPS) is 13.9. The largest absolute Gasteiger partial charge is 0.449 e. The van der Waals surface area contributed by atoms with Gasteiger partial charge >= 0.3 is 26.4 Å². The van der Waals surface area contributed by atoms with Crippen LogP contribution < -0.4 is 5.19 Å². The van der Waals surface area contributed by atoms with Gasteiger partial charge in [-0.1, -0.05) is 307 Å². The third-order valence-corrected chi connectivity index (χ3v) is 39.3. The van der Waals surface area contributed by atoms with Crippen LogP contribution in [-0.2, 0) is 28.8 Å². The highest BCUT2D eigenvalue weighted by Gasteiger charge is 2.53. The lowest BCUT2D eigenvalue weighted by Crippen LogP contribution is -2.62. The molecule has 0 saturated carbocycles. The summed E-state index contributed by atoms with van der Waals surface area (Å²) in [6.07, 6.45) is 36.1. The van der Waals surface area contributed by atoms with Gasteiger partial charge < -0.3 is 28.8 Å². The van der Waals surface area contributed by atoms with Crippen molar-refractivity contribution < 1.29 is 28.8 Å². The minimum Gasteiger partial charge on any atom is -0.449 e. The van der Waals surface area contributed by atoms with Crippen LogP contribution in [-0.4, -0.2) is 75.2 Å². The summed E-state index contributed by atoms with van der Waals surface area (Å²) in [5, 5.41) is 1.23. The summed E-state index contributed by atoms with van der Waals surface area (Å²) in [6.45, 7) is 33.7. The van der Waals surface area contributed by atoms with Crippen LogP contribution >= 0.6 is 0 Å². The van der Waals surface area contributed by atoms with Crippen molar-refractivity contribution in [2.75, 3.05) is 0 Å². The van der Waals surface area contributed by atoms with Crippen LogP contribution in [0.3, 0.4) is 0 Å². The van der Waals surface area contributed by atoms with Crippen molar-refractivity contribution in [3.8, 4) is 0 Å². The van der Waals surface area contributed by atoms with E-state index in [0.29, 0.717) is 0 Å². The van der Waals surface area contributed by atoms with E-state index in [-0.39, 0.29) is 0 Å². The molecular formula is C62H134O7Si8. The maximum absolute atomic E-state index is 8.91. The molecule has 0 heterocycles. The van der Waals surface area contributed by atoms with Gasteiger partial charge in [-0.3, -0.25) is 0 Å². The molecule has 1 unspecified atom stereocenters. The van der Waals surface area contributed by atoms with Gasteiger partial charge in [-0.15, -0.1) is 0 Å². The van der Waals surface area contributed by atoms with E-state index < -0.39 is 64.7 Å². The number of hydrogen-bond donors (Lipinski definition) is 0. The van der Waals surface area contributed by atoms with Gasteiger partial charge in [0.05, 0.1) is 0 Å². The average molecular weight is 1220 g/mol. The first kappa shape index (κ1) is 75.7. The van der Waals surface area contributed by atoms with E-state index in [1.54, 1.807) is 0 Å². The molecule has 7 nitrogen and oxygen atoms in total. The van der Waals surface area contributed by atoms with E-state index in [9.17, 15) is 0 Å². The maximum atomic E-state index is 8.91. The highest BCUT2D eigenvalue weighted by atomic mass is 28.5. The summed E-state index contributed by atoms with van der Waals surface area (Å²) in [5.74, 6) is 5.20. The standard InChI is InChI=1S/C62H134O7Si8/c1-55(2)39-23-16-32-48-75(49-33-17-24-40-56(3)4,50-34-18-25-41-57(5)6)68-77(53-37-21-28-44-60(11)12,54-38-22-29-45-61(13)14)69-76(51-35-19-26-42-58(7)8,52-36-20-27-43-59(9)10)67-74(62-46-30-15-31-47-62)66-73-65-72-64-71-63-70/h15,30-31,46-47,55-61,74H,16-29,32-45,48-54,71-73H2,1-14,70H3. The number of benzene rings is 1. The van der Waals surface area contributed by atoms with Crippen LogP contribution in [0.4, 0.5) is 0 Å². The zero-order valence-electron chi connectivity index (χ0n) is 54.2. The molecule has 1 rings (SSSR count). The van der Waals surface area contributed by atoms with Gasteiger partial charge in [0.1, 0.15) is 10.5 Å². The van der Waals surface area contributed by atoms with Crippen molar-refractivity contribution in [1.82, 2.24) is 0 Å². The Bertz CT molecular complexity index is 1360. The van der Waals surface area contributed by atoms with E-state index in [1.165, 1.54) is 190 Å². The molecule has 0 aliphatic heterocycles. The lowest BCUT2D eigenvalue weighted by molar-refractivity contribution is 0.277. The van der Waals surface area contributed by atoms with E-state index in [2.05, 4.69) is 127 Å². The second-order valence-corrected chi connectivity index (χ2v) is 48.3. The van der Waals surface area contributed by atoms with Crippen molar-refractivity contribution in [1.29, 1.82) is 0 Å². The Hall–Kier alpha value is 0.675. The molecule has 1 aromatic rings. The highest BCUT2D eigenvalue weighted by molar-refractivity contribution is 6.90. The van der Waals surface area contributed by atoms with Gasteiger partial charge in [0.25, 0.3) is 30.0 Å². The molecule has 77 heavy (non-hydrogen) atoms. The molecule has 15 heteroatoms. The van der Waals surface area contributed by atoms with Gasteiger partial charge in [0.2, 0.25) is 0 Å². The van der Waals surface area contributed by atoms with Crippen molar-refractivity contribution in [3.63, 3.8) is 0 Å². The Labute approximate surface area is 496 Å². The summed E-state index contributed by atoms with van der Waals surface area (Å²) in [7, 11) is -13.4. The molecule has 0 radical (unpaired) electrons. The third kappa shape index (κ3) is 42.2. The van der Waals surface area contributed by atoms with Gasteiger partial charge in [0.15, 0.2) is 8.32 Å². The summed E-state index contributed by atoms with van der Waals surface area (Å²) in [6, 6.07) is 19.4. The quantitative estimate of drug-likeness (QED) is 0.0476. The molecule has 0 aliphatic carbocycles. The summed E-state index contributed by atoms with van der Waals surface area (Å²) in [5.41, 5.74) is 0. The Morgan fingerprint density at radius 1 is 0.364 bits per heavy atom. The Kier molecular flexibility index (Phi) is 47.2. The number of unbranched alkanes of at least 4 members (excludes halogenated alkanes) is 14. The lowest BCUT2D eigenvalue weighted by Gasteiger charge is -2.48. The summed E-state index contributed by atoms with van der Waals surface area (Å²) < 4.78 is 50.9. The number of hydrogen-bond acceptors (Lipinski definition) is 7. The summed E-state index contributed by atoms with van der Waals surface area (Å²) >= 11 is 0. The second-order valence-electron chi connectivity index (χ2n) is 27.2. The highest BCUT2D eigenvalue weighted by Crippen LogP contribution is 2.42. The van der Waals surface area contributed by atoms with Crippen LogP contribution in [0.2, 0.25) is 42.3 Å². The van der Waals surface area contributed by atoms with Gasteiger partial charge in [-0.25, -0.2) is 0 Å². The fourth-order valence-electron chi connectivity index (χ4n) is 11.3. The van der Waals surface area contributed by atoms with Crippen LogP contribution in [0.1, 0.15) is 277 Å². The molecule has 1 atom stereocenters. The van der Waals surface area contributed by atoms with E-state index in [4.69, 9.17) is 28.8 Å². The molecule has 0 aliphatic rings. The molecule has 456 valence electrons. The molecule has 0 aromatic heterocycles. The Balaban J connectivity index is 4.40. The molecule has 1 aromatic carbocycles. The minimum absolute atomic E-state index is 0.721. The molecule has 0 N–H and O–H groups in total. The Morgan fingerprint density at radius 2 is 0.675 bits per heavy atom. The first-order valence-electron chi connectivity index (χ1n) is 33.2. The lowest BCUT2D eigenvalue weighted by atomic mass is 10.1. The first-order valence-corrected chi connectivity index (χ1v) is 46.0. The number of rotatable bonds is 56. The van der Waals surface area contributed by atoms with E-state index in [0.717, 1.165) is 88.9 Å². The predicted molar refractivity (Wildman–Crippen MR) is 360 cm³/mol. The molecule has 0 fully saturated rings. The molecule has 0 amide bonds. The summed E-state index contributed by atoms with van der Waals surface area (Å²) in [4.78, 5) is 0. The fourth-order valence-corrected chi connectivity index (χ4v) is 40.4. The third-order valence-electron chi connectivity index (χ3n) is 15.9. The first-order chi connectivity index (χ1) is 36.9. The zero-order valence-corrected chi connectivity index (χ0v) is 64.6. The van der Waals surface area contributed by atoms with Crippen molar-refractivity contribution in [2.45, 2.75) is 319 Å². The molecule has 0 saturated heterocycles. The van der Waals surface area contributed by atoms with Gasteiger partial charge in [0, 0.05) is 0 Å². The van der Waals surface area contributed by atoms with Crippen molar-refractivity contribution >= 4 is 80.4 Å². The zero-order chi connectivity index (χ0) is 57.1. The SMILES string of the molecule is CC(C)CCCCC[Si](CCCCCC(C)C)(CCCCCC(C)C)O[Si](CCCCCC(C)C)(CCCCCC(C)C)O[Si](CCCCCC(C)C)(CCCCCC(C)C)O[SiH](O[SiH2]O[SiH2]O[SiH2]O[SiH3])c1ccccc1. The monoisotopic (exact) mass is 1210 g/mol. The van der Waals surface area contributed by atoms with E-state index in [1.807, 2.05) is 0 Å². The fraction of sp³-hybridized carbons (Fsp3) is 0.903. The van der Waals surface area contributed by atoms with Crippen LogP contribution in [0.25, 0.3) is 0 Å². The predicted octanol–water partition coefficient (Wildman–Crippen LogP) is 16.9.